The molecule has 3 nitrogen and oxygen atoms in total. The van der Waals surface area contributed by atoms with Crippen molar-refractivity contribution >= 4 is 5.82 Å². The highest BCUT2D eigenvalue weighted by Gasteiger charge is 2.12. The van der Waals surface area contributed by atoms with E-state index in [-0.39, 0.29) is 0 Å². The van der Waals surface area contributed by atoms with Crippen LogP contribution in [0.25, 0.3) is 11.3 Å². The van der Waals surface area contributed by atoms with Gasteiger partial charge in [0, 0.05) is 18.7 Å². The van der Waals surface area contributed by atoms with Gasteiger partial charge in [-0.3, -0.25) is 4.68 Å². The Balaban J connectivity index is 2.07. The number of nitrogen functional groups attached to an aromatic ring is 1. The quantitative estimate of drug-likeness (QED) is 0.788. The molecule has 1 aromatic carbocycles. The van der Waals surface area contributed by atoms with Crippen LogP contribution < -0.4 is 5.73 Å². The fraction of sp³-hybridized carbons (Fsp3) is 0.308. The second-order valence-electron chi connectivity index (χ2n) is 4.42. The fourth-order valence-electron chi connectivity index (χ4n) is 2.35. The molecule has 1 aromatic heterocycles. The van der Waals surface area contributed by atoms with E-state index in [0.29, 0.717) is 5.82 Å². The Labute approximate surface area is 94.9 Å². The highest BCUT2D eigenvalue weighted by Crippen LogP contribution is 2.27. The van der Waals surface area contributed by atoms with E-state index in [4.69, 9.17) is 5.73 Å². The van der Waals surface area contributed by atoms with Crippen molar-refractivity contribution in [3.05, 3.63) is 35.4 Å². The highest BCUT2D eigenvalue weighted by molar-refractivity contribution is 5.64. The van der Waals surface area contributed by atoms with E-state index >= 15 is 0 Å². The number of rotatable bonds is 1. The Hall–Kier alpha value is -1.77. The minimum atomic E-state index is 0.704. The van der Waals surface area contributed by atoms with E-state index in [1.807, 2.05) is 13.1 Å². The molecule has 1 heterocycles. The Bertz CT molecular complexity index is 521. The van der Waals surface area contributed by atoms with E-state index in [9.17, 15) is 0 Å². The van der Waals surface area contributed by atoms with Crippen molar-refractivity contribution in [1.29, 1.82) is 0 Å². The van der Waals surface area contributed by atoms with E-state index in [2.05, 4.69) is 23.3 Å². The second kappa shape index (κ2) is 3.37. The predicted molar refractivity (Wildman–Crippen MR) is 65.1 cm³/mol. The lowest BCUT2D eigenvalue weighted by molar-refractivity contribution is 0.782. The highest BCUT2D eigenvalue weighted by atomic mass is 15.3. The zero-order valence-electron chi connectivity index (χ0n) is 9.40. The molecule has 82 valence electrons. The summed E-state index contributed by atoms with van der Waals surface area (Å²) in [5, 5.41) is 4.40. The third kappa shape index (κ3) is 1.40. The largest absolute Gasteiger partial charge is 0.384 e. The Morgan fingerprint density at radius 3 is 2.75 bits per heavy atom. The number of nitrogens with two attached hydrogens (primary N) is 1. The number of benzene rings is 1. The lowest BCUT2D eigenvalue weighted by atomic mass is 10.0. The van der Waals surface area contributed by atoms with Gasteiger partial charge in [-0.15, -0.1) is 0 Å². The van der Waals surface area contributed by atoms with Crippen LogP contribution in [0.5, 0.6) is 0 Å². The molecule has 2 aromatic rings. The summed E-state index contributed by atoms with van der Waals surface area (Å²) < 4.78 is 1.71. The maximum atomic E-state index is 5.79. The van der Waals surface area contributed by atoms with Crippen LogP contribution in [0.2, 0.25) is 0 Å². The maximum absolute atomic E-state index is 5.79. The minimum Gasteiger partial charge on any atom is -0.384 e. The van der Waals surface area contributed by atoms with Crippen LogP contribution >= 0.6 is 0 Å². The van der Waals surface area contributed by atoms with Crippen molar-refractivity contribution in [1.82, 2.24) is 9.78 Å². The standard InChI is InChI=1S/C13H15N3/c1-16-13(14)8-12(15-16)11-6-5-9-3-2-4-10(9)7-11/h5-8H,2-4,14H2,1H3. The predicted octanol–water partition coefficient (Wildman–Crippen LogP) is 2.16. The third-order valence-electron chi connectivity index (χ3n) is 3.31. The van der Waals surface area contributed by atoms with Gasteiger partial charge >= 0.3 is 0 Å². The molecule has 3 rings (SSSR count). The monoisotopic (exact) mass is 213 g/mol. The molecule has 1 aliphatic carbocycles. The van der Waals surface area contributed by atoms with E-state index < -0.39 is 0 Å². The first-order chi connectivity index (χ1) is 7.74. The van der Waals surface area contributed by atoms with Crippen LogP contribution in [0.4, 0.5) is 5.82 Å². The normalized spacial score (nSPS) is 14.1. The molecular weight excluding hydrogens is 198 g/mol. The van der Waals surface area contributed by atoms with Gasteiger partial charge in [-0.25, -0.2) is 0 Å². The number of anilines is 1. The molecule has 0 saturated heterocycles. The summed E-state index contributed by atoms with van der Waals surface area (Å²) in [6, 6.07) is 8.55. The first kappa shape index (κ1) is 9.46. The van der Waals surface area contributed by atoms with Gasteiger partial charge in [0.05, 0.1) is 5.69 Å². The molecule has 0 amide bonds. The fourth-order valence-corrected chi connectivity index (χ4v) is 2.35. The first-order valence-electron chi connectivity index (χ1n) is 5.66. The molecular formula is C13H15N3. The van der Waals surface area contributed by atoms with E-state index in [1.165, 1.54) is 36.0 Å². The number of aryl methyl sites for hydroxylation is 3. The van der Waals surface area contributed by atoms with Gasteiger partial charge in [0.15, 0.2) is 0 Å². The zero-order valence-corrected chi connectivity index (χ0v) is 9.40. The number of fused-ring (bicyclic) bond motifs is 1. The average molecular weight is 213 g/mol. The van der Waals surface area contributed by atoms with Crippen LogP contribution in [-0.2, 0) is 19.9 Å². The van der Waals surface area contributed by atoms with Crippen molar-refractivity contribution in [2.75, 3.05) is 5.73 Å². The molecule has 16 heavy (non-hydrogen) atoms. The zero-order chi connectivity index (χ0) is 11.1. The maximum Gasteiger partial charge on any atom is 0.121 e. The molecule has 0 unspecified atom stereocenters. The summed E-state index contributed by atoms with van der Waals surface area (Å²) in [6.45, 7) is 0. The van der Waals surface area contributed by atoms with Crippen LogP contribution in [-0.4, -0.2) is 9.78 Å². The lowest BCUT2D eigenvalue weighted by Gasteiger charge is -2.01. The van der Waals surface area contributed by atoms with Crippen molar-refractivity contribution < 1.29 is 0 Å². The molecule has 3 heteroatoms. The van der Waals surface area contributed by atoms with Crippen molar-refractivity contribution in [3.8, 4) is 11.3 Å². The van der Waals surface area contributed by atoms with Crippen LogP contribution in [0.1, 0.15) is 17.5 Å². The Morgan fingerprint density at radius 1 is 1.19 bits per heavy atom. The Morgan fingerprint density at radius 2 is 2.00 bits per heavy atom. The van der Waals surface area contributed by atoms with Gasteiger partial charge in [-0.1, -0.05) is 12.1 Å². The van der Waals surface area contributed by atoms with Gasteiger partial charge in [0.25, 0.3) is 0 Å². The molecule has 0 atom stereocenters. The van der Waals surface area contributed by atoms with E-state index in [1.54, 1.807) is 4.68 Å². The molecule has 0 spiro atoms. The number of aromatic nitrogens is 2. The van der Waals surface area contributed by atoms with Crippen molar-refractivity contribution in [3.63, 3.8) is 0 Å². The second-order valence-corrected chi connectivity index (χ2v) is 4.42. The summed E-state index contributed by atoms with van der Waals surface area (Å²) >= 11 is 0. The molecule has 2 N–H and O–H groups in total. The van der Waals surface area contributed by atoms with Gasteiger partial charge in [-0.2, -0.15) is 5.10 Å². The molecule has 0 aliphatic heterocycles. The third-order valence-corrected chi connectivity index (χ3v) is 3.31. The molecule has 0 radical (unpaired) electrons. The average Bonchev–Trinajstić information content (AvgIpc) is 2.85. The number of hydrogen-bond donors (Lipinski definition) is 1. The van der Waals surface area contributed by atoms with E-state index in [0.717, 1.165) is 5.69 Å². The van der Waals surface area contributed by atoms with Crippen molar-refractivity contribution in [2.24, 2.45) is 7.05 Å². The molecule has 0 saturated carbocycles. The van der Waals surface area contributed by atoms with Crippen LogP contribution in [0, 0.1) is 0 Å². The van der Waals surface area contributed by atoms with Gasteiger partial charge in [0.2, 0.25) is 0 Å². The summed E-state index contributed by atoms with van der Waals surface area (Å²) in [6.07, 6.45) is 3.70. The summed E-state index contributed by atoms with van der Waals surface area (Å²) in [4.78, 5) is 0. The van der Waals surface area contributed by atoms with Crippen LogP contribution in [0.15, 0.2) is 24.3 Å². The summed E-state index contributed by atoms with van der Waals surface area (Å²) in [5.41, 5.74) is 10.9. The number of nitrogens with zero attached hydrogens (tertiary/aromatic N) is 2. The van der Waals surface area contributed by atoms with Gasteiger partial charge in [-0.05, 0) is 36.5 Å². The number of hydrogen-bond acceptors (Lipinski definition) is 2. The molecule has 0 bridgehead atoms. The SMILES string of the molecule is Cn1nc(-c2ccc3c(c2)CCC3)cc1N. The summed E-state index contributed by atoms with van der Waals surface area (Å²) in [5.74, 6) is 0.704. The van der Waals surface area contributed by atoms with Gasteiger partial charge in [0.1, 0.15) is 5.82 Å². The lowest BCUT2D eigenvalue weighted by Crippen LogP contribution is -1.96. The van der Waals surface area contributed by atoms with Gasteiger partial charge < -0.3 is 5.73 Å². The topological polar surface area (TPSA) is 43.8 Å². The van der Waals surface area contributed by atoms with Crippen LogP contribution in [0.3, 0.4) is 0 Å². The first-order valence-corrected chi connectivity index (χ1v) is 5.66. The van der Waals surface area contributed by atoms with Crippen molar-refractivity contribution in [2.45, 2.75) is 19.3 Å². The summed E-state index contributed by atoms with van der Waals surface area (Å²) in [7, 11) is 1.87. The molecule has 1 aliphatic rings. The minimum absolute atomic E-state index is 0.704. The molecule has 0 fully saturated rings. The Kier molecular flexibility index (Phi) is 1.99. The smallest absolute Gasteiger partial charge is 0.121 e.